The molecule has 1 aromatic rings. The summed E-state index contributed by atoms with van der Waals surface area (Å²) in [6.07, 6.45) is 0.692. The molecule has 0 aliphatic carbocycles. The predicted molar refractivity (Wildman–Crippen MR) is 71.6 cm³/mol. The standard InChI is InChI=1S/C14H19NO4/c1-14(2,3)10-4-5-13(12(8-10)15(16)17)19-11-6-7-18-9-11/h4-5,8,11H,6-7,9H2,1-3H3. The smallest absolute Gasteiger partial charge is 0.311 e. The van der Waals surface area contributed by atoms with Crippen LogP contribution in [0.1, 0.15) is 32.8 Å². The first-order valence-corrected chi connectivity index (χ1v) is 6.41. The van der Waals surface area contributed by atoms with Gasteiger partial charge < -0.3 is 9.47 Å². The summed E-state index contributed by atoms with van der Waals surface area (Å²) in [6, 6.07) is 5.18. The molecule has 0 saturated carbocycles. The van der Waals surface area contributed by atoms with Crippen LogP contribution in [0.5, 0.6) is 5.75 Å². The van der Waals surface area contributed by atoms with Crippen molar-refractivity contribution in [1.29, 1.82) is 0 Å². The quantitative estimate of drug-likeness (QED) is 0.622. The summed E-state index contributed by atoms with van der Waals surface area (Å²) in [6.45, 7) is 7.23. The van der Waals surface area contributed by atoms with Crippen molar-refractivity contribution in [3.63, 3.8) is 0 Å². The minimum Gasteiger partial charge on any atom is -0.481 e. The number of nitrogens with zero attached hydrogens (tertiary/aromatic N) is 1. The van der Waals surface area contributed by atoms with Gasteiger partial charge in [0.25, 0.3) is 0 Å². The maximum Gasteiger partial charge on any atom is 0.311 e. The zero-order valence-corrected chi connectivity index (χ0v) is 11.5. The van der Waals surface area contributed by atoms with Gasteiger partial charge in [-0.1, -0.05) is 26.8 Å². The number of nitro groups is 1. The number of rotatable bonds is 3. The van der Waals surface area contributed by atoms with Gasteiger partial charge in [0.15, 0.2) is 5.75 Å². The lowest BCUT2D eigenvalue weighted by Gasteiger charge is -2.20. The third-order valence-electron chi connectivity index (χ3n) is 3.20. The van der Waals surface area contributed by atoms with Crippen LogP contribution < -0.4 is 4.74 Å². The van der Waals surface area contributed by atoms with Crippen LogP contribution in [-0.4, -0.2) is 24.2 Å². The second-order valence-electron chi connectivity index (χ2n) is 5.79. The van der Waals surface area contributed by atoms with Crippen LogP contribution in [0.15, 0.2) is 18.2 Å². The Kier molecular flexibility index (Phi) is 3.75. The molecule has 1 atom stereocenters. The molecule has 1 saturated heterocycles. The first kappa shape index (κ1) is 13.8. The Morgan fingerprint density at radius 1 is 1.42 bits per heavy atom. The third kappa shape index (κ3) is 3.23. The van der Waals surface area contributed by atoms with E-state index in [2.05, 4.69) is 0 Å². The Morgan fingerprint density at radius 2 is 2.16 bits per heavy atom. The van der Waals surface area contributed by atoms with E-state index >= 15 is 0 Å². The lowest BCUT2D eigenvalue weighted by atomic mass is 9.87. The zero-order chi connectivity index (χ0) is 14.0. The van der Waals surface area contributed by atoms with Crippen LogP contribution >= 0.6 is 0 Å². The van der Waals surface area contributed by atoms with E-state index in [4.69, 9.17) is 9.47 Å². The van der Waals surface area contributed by atoms with E-state index in [1.807, 2.05) is 26.8 Å². The highest BCUT2D eigenvalue weighted by molar-refractivity contribution is 5.50. The van der Waals surface area contributed by atoms with Gasteiger partial charge in [0.2, 0.25) is 0 Å². The lowest BCUT2D eigenvalue weighted by Crippen LogP contribution is -2.17. The Hall–Kier alpha value is -1.62. The number of ether oxygens (including phenoxy) is 2. The molecule has 1 unspecified atom stereocenters. The first-order chi connectivity index (χ1) is 8.88. The molecule has 0 radical (unpaired) electrons. The summed E-state index contributed by atoms with van der Waals surface area (Å²) < 4.78 is 10.9. The van der Waals surface area contributed by atoms with Gasteiger partial charge in [0.05, 0.1) is 18.1 Å². The van der Waals surface area contributed by atoms with Gasteiger partial charge in [-0.25, -0.2) is 0 Å². The Bertz CT molecular complexity index is 473. The molecule has 104 valence electrons. The molecule has 1 aliphatic heterocycles. The highest BCUT2D eigenvalue weighted by Crippen LogP contribution is 2.34. The Morgan fingerprint density at radius 3 is 2.68 bits per heavy atom. The van der Waals surface area contributed by atoms with Crippen LogP contribution in [0.4, 0.5) is 5.69 Å². The van der Waals surface area contributed by atoms with Gasteiger partial charge in [-0.15, -0.1) is 0 Å². The topological polar surface area (TPSA) is 61.6 Å². The number of benzene rings is 1. The van der Waals surface area contributed by atoms with Crippen LogP contribution in [0.25, 0.3) is 0 Å². The fourth-order valence-electron chi connectivity index (χ4n) is 2.01. The van der Waals surface area contributed by atoms with E-state index in [1.54, 1.807) is 12.1 Å². The summed E-state index contributed by atoms with van der Waals surface area (Å²) in [5, 5.41) is 11.2. The Labute approximate surface area is 112 Å². The molecule has 1 aliphatic rings. The van der Waals surface area contributed by atoms with Gasteiger partial charge in [-0.2, -0.15) is 0 Å². The molecule has 0 bridgehead atoms. The highest BCUT2D eigenvalue weighted by atomic mass is 16.6. The molecular formula is C14H19NO4. The van der Waals surface area contributed by atoms with Crippen LogP contribution in [-0.2, 0) is 10.2 Å². The van der Waals surface area contributed by atoms with E-state index in [9.17, 15) is 10.1 Å². The molecule has 0 aromatic heterocycles. The molecule has 5 nitrogen and oxygen atoms in total. The lowest BCUT2D eigenvalue weighted by molar-refractivity contribution is -0.386. The average molecular weight is 265 g/mol. The normalized spacial score (nSPS) is 19.4. The van der Waals surface area contributed by atoms with E-state index in [1.165, 1.54) is 0 Å². The Balaban J connectivity index is 2.29. The molecule has 19 heavy (non-hydrogen) atoms. The van der Waals surface area contributed by atoms with Gasteiger partial charge >= 0.3 is 5.69 Å². The van der Waals surface area contributed by atoms with Crippen molar-refractivity contribution < 1.29 is 14.4 Å². The first-order valence-electron chi connectivity index (χ1n) is 6.41. The van der Waals surface area contributed by atoms with E-state index in [0.29, 0.717) is 19.0 Å². The summed E-state index contributed by atoms with van der Waals surface area (Å²) in [5.74, 6) is 0.327. The summed E-state index contributed by atoms with van der Waals surface area (Å²) in [4.78, 5) is 10.8. The number of hydrogen-bond acceptors (Lipinski definition) is 4. The minimum absolute atomic E-state index is 0.0272. The fourth-order valence-corrected chi connectivity index (χ4v) is 2.01. The van der Waals surface area contributed by atoms with Crippen molar-refractivity contribution >= 4 is 5.69 Å². The van der Waals surface area contributed by atoms with E-state index in [0.717, 1.165) is 12.0 Å². The molecule has 2 rings (SSSR count). The minimum atomic E-state index is -0.389. The number of nitro benzene ring substituents is 1. The maximum absolute atomic E-state index is 11.2. The van der Waals surface area contributed by atoms with Crippen molar-refractivity contribution in [2.45, 2.75) is 38.7 Å². The monoisotopic (exact) mass is 265 g/mol. The molecule has 5 heteroatoms. The summed E-state index contributed by atoms with van der Waals surface area (Å²) in [5.41, 5.74) is 0.827. The van der Waals surface area contributed by atoms with Crippen molar-refractivity contribution in [1.82, 2.24) is 0 Å². The second-order valence-corrected chi connectivity index (χ2v) is 5.79. The molecular weight excluding hydrogens is 246 g/mol. The average Bonchev–Trinajstić information content (AvgIpc) is 2.80. The molecule has 1 heterocycles. The molecule has 0 spiro atoms. The maximum atomic E-state index is 11.2. The van der Waals surface area contributed by atoms with Gasteiger partial charge in [-0.05, 0) is 17.0 Å². The van der Waals surface area contributed by atoms with E-state index < -0.39 is 0 Å². The summed E-state index contributed by atoms with van der Waals surface area (Å²) in [7, 11) is 0. The third-order valence-corrected chi connectivity index (χ3v) is 3.20. The SMILES string of the molecule is CC(C)(C)c1ccc(OC2CCOC2)c([N+](=O)[O-])c1. The molecule has 1 fully saturated rings. The van der Waals surface area contributed by atoms with Crippen LogP contribution in [0.3, 0.4) is 0 Å². The predicted octanol–water partition coefficient (Wildman–Crippen LogP) is 3.06. The molecule has 0 amide bonds. The molecule has 0 N–H and O–H groups in total. The van der Waals surface area contributed by atoms with Gasteiger partial charge in [0.1, 0.15) is 6.10 Å². The fraction of sp³-hybridized carbons (Fsp3) is 0.571. The summed E-state index contributed by atoms with van der Waals surface area (Å²) >= 11 is 0. The number of hydrogen-bond donors (Lipinski definition) is 0. The van der Waals surface area contributed by atoms with Crippen LogP contribution in [0, 0.1) is 10.1 Å². The largest absolute Gasteiger partial charge is 0.481 e. The highest BCUT2D eigenvalue weighted by Gasteiger charge is 2.25. The van der Waals surface area contributed by atoms with Gasteiger partial charge in [0, 0.05) is 12.5 Å². The van der Waals surface area contributed by atoms with Crippen molar-refractivity contribution in [2.24, 2.45) is 0 Å². The second kappa shape index (κ2) is 5.17. The van der Waals surface area contributed by atoms with Crippen molar-refractivity contribution in [2.75, 3.05) is 13.2 Å². The van der Waals surface area contributed by atoms with Crippen LogP contribution in [0.2, 0.25) is 0 Å². The zero-order valence-electron chi connectivity index (χ0n) is 11.5. The van der Waals surface area contributed by atoms with Gasteiger partial charge in [-0.3, -0.25) is 10.1 Å². The van der Waals surface area contributed by atoms with Crippen molar-refractivity contribution in [3.05, 3.63) is 33.9 Å². The van der Waals surface area contributed by atoms with Crippen molar-refractivity contribution in [3.8, 4) is 5.75 Å². The van der Waals surface area contributed by atoms with E-state index in [-0.39, 0.29) is 22.1 Å². The molecule has 1 aromatic carbocycles.